The molecule has 0 unspecified atom stereocenters. The van der Waals surface area contributed by atoms with Gasteiger partial charge in [0.2, 0.25) is 0 Å². The van der Waals surface area contributed by atoms with E-state index in [9.17, 15) is 5.11 Å². The van der Waals surface area contributed by atoms with Crippen molar-refractivity contribution in [1.82, 2.24) is 10.3 Å². The highest BCUT2D eigenvalue weighted by atomic mass is 35.5. The second-order valence-electron chi connectivity index (χ2n) is 4.75. The van der Waals surface area contributed by atoms with Gasteiger partial charge in [-0.2, -0.15) is 5.10 Å². The van der Waals surface area contributed by atoms with E-state index in [0.29, 0.717) is 10.6 Å². The van der Waals surface area contributed by atoms with Crippen molar-refractivity contribution < 1.29 is 5.11 Å². The fourth-order valence-electron chi connectivity index (χ4n) is 2.61. The molecule has 2 N–H and O–H groups in total. The molecule has 0 aromatic heterocycles. The van der Waals surface area contributed by atoms with Gasteiger partial charge in [0.05, 0.1) is 5.02 Å². The van der Waals surface area contributed by atoms with Gasteiger partial charge in [-0.05, 0) is 18.9 Å². The van der Waals surface area contributed by atoms with Gasteiger partial charge in [0.1, 0.15) is 5.84 Å². The molecule has 0 bridgehead atoms. The van der Waals surface area contributed by atoms with Crippen molar-refractivity contribution in [2.45, 2.75) is 31.5 Å². The van der Waals surface area contributed by atoms with E-state index in [-0.39, 0.29) is 0 Å². The topological polar surface area (TPSA) is 47.9 Å². The van der Waals surface area contributed by atoms with Crippen molar-refractivity contribution in [2.24, 2.45) is 5.10 Å². The van der Waals surface area contributed by atoms with E-state index in [4.69, 9.17) is 11.6 Å². The van der Waals surface area contributed by atoms with Gasteiger partial charge in [0.25, 0.3) is 5.85 Å². The summed E-state index contributed by atoms with van der Waals surface area (Å²) in [5, 5.41) is 15.7. The SMILES string of the molecule is O[C@@]1(c2ccccc2Cl)NN=C2CCCCCN21. The Morgan fingerprint density at radius 2 is 2.11 bits per heavy atom. The maximum atomic E-state index is 10.9. The Hall–Kier alpha value is -1.26. The van der Waals surface area contributed by atoms with Crippen LogP contribution >= 0.6 is 11.6 Å². The third-order valence-electron chi connectivity index (χ3n) is 3.57. The lowest BCUT2D eigenvalue weighted by molar-refractivity contribution is -0.0913. The molecule has 1 saturated heterocycles. The van der Waals surface area contributed by atoms with E-state index >= 15 is 0 Å². The fraction of sp³-hybridized carbons (Fsp3) is 0.462. The van der Waals surface area contributed by atoms with E-state index in [1.54, 1.807) is 6.07 Å². The first-order chi connectivity index (χ1) is 8.72. The summed E-state index contributed by atoms with van der Waals surface area (Å²) in [7, 11) is 0. The highest BCUT2D eigenvalue weighted by molar-refractivity contribution is 6.31. The average molecular weight is 266 g/mol. The number of amidine groups is 1. The van der Waals surface area contributed by atoms with Gasteiger partial charge in [-0.3, -0.25) is 5.43 Å². The first-order valence-electron chi connectivity index (χ1n) is 6.30. The molecule has 0 amide bonds. The number of hydrogen-bond acceptors (Lipinski definition) is 4. The highest BCUT2D eigenvalue weighted by Crippen LogP contribution is 2.34. The molecule has 2 heterocycles. The van der Waals surface area contributed by atoms with Crippen LogP contribution in [0.1, 0.15) is 31.2 Å². The minimum atomic E-state index is -1.29. The van der Waals surface area contributed by atoms with Crippen LogP contribution < -0.4 is 5.43 Å². The van der Waals surface area contributed by atoms with E-state index in [1.165, 1.54) is 6.42 Å². The molecule has 1 atom stereocenters. The molecule has 2 aliphatic rings. The first-order valence-corrected chi connectivity index (χ1v) is 6.68. The predicted molar refractivity (Wildman–Crippen MR) is 71.1 cm³/mol. The standard InChI is InChI=1S/C13H16ClN3O/c14-11-7-4-3-6-10(11)13(18)16-15-12-8-2-1-5-9-17(12)13/h3-4,6-7,16,18H,1-2,5,8-9H2/t13-/m0/s1. The summed E-state index contributed by atoms with van der Waals surface area (Å²) in [6.07, 6.45) is 4.26. The number of benzene rings is 1. The van der Waals surface area contributed by atoms with Crippen molar-refractivity contribution in [3.8, 4) is 0 Å². The number of rotatable bonds is 1. The summed E-state index contributed by atoms with van der Waals surface area (Å²) in [5.74, 6) is -0.368. The van der Waals surface area contributed by atoms with Crippen LogP contribution in [0.5, 0.6) is 0 Å². The van der Waals surface area contributed by atoms with Crippen molar-refractivity contribution >= 4 is 17.4 Å². The van der Waals surface area contributed by atoms with Crippen molar-refractivity contribution in [2.75, 3.05) is 6.54 Å². The van der Waals surface area contributed by atoms with Gasteiger partial charge < -0.3 is 10.0 Å². The minimum absolute atomic E-state index is 0.549. The van der Waals surface area contributed by atoms with Gasteiger partial charge in [0.15, 0.2) is 0 Å². The molecule has 96 valence electrons. The fourth-order valence-corrected chi connectivity index (χ4v) is 2.88. The Morgan fingerprint density at radius 1 is 1.28 bits per heavy atom. The number of hydrogen-bond donors (Lipinski definition) is 2. The molecule has 0 saturated carbocycles. The molecule has 1 fully saturated rings. The quantitative estimate of drug-likeness (QED) is 0.819. The van der Waals surface area contributed by atoms with Crippen molar-refractivity contribution in [3.05, 3.63) is 34.9 Å². The third-order valence-corrected chi connectivity index (χ3v) is 3.90. The first kappa shape index (κ1) is 11.8. The lowest BCUT2D eigenvalue weighted by atomic mass is 10.1. The van der Waals surface area contributed by atoms with Gasteiger partial charge in [-0.15, -0.1) is 0 Å². The smallest absolute Gasteiger partial charge is 0.262 e. The van der Waals surface area contributed by atoms with Gasteiger partial charge >= 0.3 is 0 Å². The van der Waals surface area contributed by atoms with E-state index < -0.39 is 5.85 Å². The molecule has 5 heteroatoms. The maximum absolute atomic E-state index is 10.9. The minimum Gasteiger partial charge on any atom is -0.349 e. The lowest BCUT2D eigenvalue weighted by Crippen LogP contribution is -2.51. The average Bonchev–Trinajstić information content (AvgIpc) is 2.57. The molecule has 1 aromatic rings. The zero-order valence-corrected chi connectivity index (χ0v) is 10.8. The van der Waals surface area contributed by atoms with Gasteiger partial charge in [-0.25, -0.2) is 0 Å². The summed E-state index contributed by atoms with van der Waals surface area (Å²) in [4.78, 5) is 1.93. The molecule has 0 radical (unpaired) electrons. The monoisotopic (exact) mass is 265 g/mol. The second-order valence-corrected chi connectivity index (χ2v) is 5.16. The van der Waals surface area contributed by atoms with Crippen LogP contribution in [0.2, 0.25) is 5.02 Å². The van der Waals surface area contributed by atoms with E-state index in [0.717, 1.165) is 31.6 Å². The highest BCUT2D eigenvalue weighted by Gasteiger charge is 2.44. The summed E-state index contributed by atoms with van der Waals surface area (Å²) in [6.45, 7) is 0.799. The van der Waals surface area contributed by atoms with Crippen LogP contribution in [0.4, 0.5) is 0 Å². The third kappa shape index (κ3) is 1.76. The summed E-state index contributed by atoms with van der Waals surface area (Å²) < 4.78 is 0. The van der Waals surface area contributed by atoms with Gasteiger partial charge in [-0.1, -0.05) is 36.2 Å². The van der Waals surface area contributed by atoms with Crippen LogP contribution in [-0.2, 0) is 5.85 Å². The molecular formula is C13H16ClN3O. The molecule has 4 nitrogen and oxygen atoms in total. The number of nitrogens with zero attached hydrogens (tertiary/aromatic N) is 2. The van der Waals surface area contributed by atoms with E-state index in [1.807, 2.05) is 23.1 Å². The molecule has 0 aliphatic carbocycles. The Labute approximate surface area is 111 Å². The van der Waals surface area contributed by atoms with E-state index in [2.05, 4.69) is 10.5 Å². The van der Waals surface area contributed by atoms with Crippen LogP contribution in [0.25, 0.3) is 0 Å². The number of aliphatic hydroxyl groups is 1. The van der Waals surface area contributed by atoms with Crippen LogP contribution in [0.15, 0.2) is 29.4 Å². The maximum Gasteiger partial charge on any atom is 0.262 e. The van der Waals surface area contributed by atoms with Crippen LogP contribution in [0, 0.1) is 0 Å². The zero-order valence-electron chi connectivity index (χ0n) is 10.1. The number of nitrogens with one attached hydrogen (secondary N) is 1. The number of halogens is 1. The molecule has 18 heavy (non-hydrogen) atoms. The number of hydrazone groups is 1. The van der Waals surface area contributed by atoms with Crippen molar-refractivity contribution in [1.29, 1.82) is 0 Å². The van der Waals surface area contributed by atoms with Gasteiger partial charge in [0, 0.05) is 18.5 Å². The molecular weight excluding hydrogens is 250 g/mol. The summed E-state index contributed by atoms with van der Waals surface area (Å²) >= 11 is 6.19. The second kappa shape index (κ2) is 4.44. The summed E-state index contributed by atoms with van der Waals surface area (Å²) in [5.41, 5.74) is 3.50. The number of fused-ring (bicyclic) bond motifs is 1. The normalized spacial score (nSPS) is 27.2. The Kier molecular flexibility index (Phi) is 2.92. The van der Waals surface area contributed by atoms with Crippen LogP contribution in [0.3, 0.4) is 0 Å². The molecule has 1 aromatic carbocycles. The largest absolute Gasteiger partial charge is 0.349 e. The Morgan fingerprint density at radius 3 is 2.94 bits per heavy atom. The van der Waals surface area contributed by atoms with Crippen molar-refractivity contribution in [3.63, 3.8) is 0 Å². The zero-order chi connectivity index (χ0) is 12.6. The molecule has 0 spiro atoms. The predicted octanol–water partition coefficient (Wildman–Crippen LogP) is 2.24. The molecule has 3 rings (SSSR count). The van der Waals surface area contributed by atoms with Crippen LogP contribution in [-0.4, -0.2) is 22.4 Å². The Bertz CT molecular complexity index is 491. The Balaban J connectivity index is 1.99. The lowest BCUT2D eigenvalue weighted by Gasteiger charge is -2.34. The summed E-state index contributed by atoms with van der Waals surface area (Å²) in [6, 6.07) is 7.34. The molecule has 2 aliphatic heterocycles.